The minimum absolute atomic E-state index is 0.125. The van der Waals surface area contributed by atoms with E-state index in [1.807, 2.05) is 0 Å². The second kappa shape index (κ2) is 26.6. The lowest BCUT2D eigenvalue weighted by molar-refractivity contribution is -0.145. The number of carbonyl (C=O) groups is 1. The van der Waals surface area contributed by atoms with Gasteiger partial charge in [-0.25, -0.2) is 0 Å². The lowest BCUT2D eigenvalue weighted by atomic mass is 10.0. The maximum absolute atomic E-state index is 11.4. The van der Waals surface area contributed by atoms with Gasteiger partial charge in [-0.2, -0.15) is 0 Å². The molecule has 0 N–H and O–H groups in total. The number of hydrogen-bond donors (Lipinski definition) is 0. The lowest BCUT2D eigenvalue weighted by Crippen LogP contribution is -2.09. The lowest BCUT2D eigenvalue weighted by Gasteiger charge is -2.03. The normalized spacial score (nSPS) is 10.1. The van der Waals surface area contributed by atoms with E-state index in [4.69, 9.17) is 9.47 Å². The molecule has 0 spiro atoms. The van der Waals surface area contributed by atoms with Gasteiger partial charge in [0, 0.05) is 26.4 Å². The molecule has 0 atom stereocenters. The van der Waals surface area contributed by atoms with E-state index >= 15 is 0 Å². The van der Waals surface area contributed by atoms with Crippen LogP contribution in [0.15, 0.2) is 0 Å². The van der Waals surface area contributed by atoms with Gasteiger partial charge in [-0.1, -0.05) is 102 Å². The standard InChI is InChI=1S/C28H48O3/c1-3-4-5-6-7-8-9-10-11-12-13-14-15-16-17-18-19-20-21-22-23-24-25-28(29)31-27-26-30-2/h3-15,20-27H2,1-2H3. The Morgan fingerprint density at radius 1 is 0.613 bits per heavy atom. The Balaban J connectivity index is 3.29. The number of rotatable bonds is 21. The average Bonchev–Trinajstić information content (AvgIpc) is 2.77. The zero-order valence-corrected chi connectivity index (χ0v) is 20.6. The second-order valence-corrected chi connectivity index (χ2v) is 8.37. The van der Waals surface area contributed by atoms with Crippen molar-refractivity contribution < 1.29 is 14.3 Å². The van der Waals surface area contributed by atoms with Crippen LogP contribution in [0.2, 0.25) is 0 Å². The largest absolute Gasteiger partial charge is 0.463 e. The van der Waals surface area contributed by atoms with E-state index in [0.717, 1.165) is 38.5 Å². The molecule has 0 saturated heterocycles. The molecule has 0 fully saturated rings. The predicted molar refractivity (Wildman–Crippen MR) is 132 cm³/mol. The van der Waals surface area contributed by atoms with Gasteiger partial charge in [-0.05, 0) is 31.1 Å². The van der Waals surface area contributed by atoms with Crippen LogP contribution in [0.5, 0.6) is 0 Å². The predicted octanol–water partition coefficient (Wildman–Crippen LogP) is 7.61. The van der Waals surface area contributed by atoms with Crippen molar-refractivity contribution in [3.8, 4) is 23.7 Å². The monoisotopic (exact) mass is 432 g/mol. The van der Waals surface area contributed by atoms with E-state index in [0.29, 0.717) is 19.6 Å². The van der Waals surface area contributed by atoms with Gasteiger partial charge in [0.25, 0.3) is 0 Å². The highest BCUT2D eigenvalue weighted by atomic mass is 16.6. The molecule has 0 aromatic carbocycles. The van der Waals surface area contributed by atoms with Crippen molar-refractivity contribution >= 4 is 5.97 Å². The summed E-state index contributed by atoms with van der Waals surface area (Å²) in [5.74, 6) is 12.1. The molecule has 0 rings (SSSR count). The summed E-state index contributed by atoms with van der Waals surface area (Å²) in [6, 6.07) is 0. The maximum Gasteiger partial charge on any atom is 0.305 e. The van der Waals surface area contributed by atoms with Crippen LogP contribution in [0.25, 0.3) is 0 Å². The summed E-state index contributed by atoms with van der Waals surface area (Å²) in [4.78, 5) is 11.4. The molecule has 3 nitrogen and oxygen atoms in total. The topological polar surface area (TPSA) is 35.5 Å². The van der Waals surface area contributed by atoms with Crippen molar-refractivity contribution in [2.45, 2.75) is 129 Å². The van der Waals surface area contributed by atoms with Crippen LogP contribution in [-0.2, 0) is 14.3 Å². The van der Waals surface area contributed by atoms with Crippen molar-refractivity contribution in [2.75, 3.05) is 20.3 Å². The van der Waals surface area contributed by atoms with Crippen LogP contribution >= 0.6 is 0 Å². The second-order valence-electron chi connectivity index (χ2n) is 8.37. The van der Waals surface area contributed by atoms with Gasteiger partial charge in [0.2, 0.25) is 0 Å². The molecule has 0 aliphatic carbocycles. The Bertz CT molecular complexity index is 504. The van der Waals surface area contributed by atoms with Crippen molar-refractivity contribution in [1.29, 1.82) is 0 Å². The Hall–Kier alpha value is -1.45. The molecule has 0 heterocycles. The molecule has 0 bridgehead atoms. The first-order valence-electron chi connectivity index (χ1n) is 12.9. The van der Waals surface area contributed by atoms with E-state index in [-0.39, 0.29) is 5.97 Å². The minimum atomic E-state index is -0.125. The average molecular weight is 433 g/mol. The van der Waals surface area contributed by atoms with E-state index in [1.165, 1.54) is 77.0 Å². The molecular weight excluding hydrogens is 384 g/mol. The van der Waals surface area contributed by atoms with Gasteiger partial charge in [-0.3, -0.25) is 4.79 Å². The highest BCUT2D eigenvalue weighted by molar-refractivity contribution is 5.69. The molecule has 3 heteroatoms. The van der Waals surface area contributed by atoms with E-state index in [2.05, 4.69) is 30.6 Å². The summed E-state index contributed by atoms with van der Waals surface area (Å²) >= 11 is 0. The van der Waals surface area contributed by atoms with Gasteiger partial charge < -0.3 is 9.47 Å². The Morgan fingerprint density at radius 2 is 1.06 bits per heavy atom. The molecule has 0 aliphatic rings. The third-order valence-corrected chi connectivity index (χ3v) is 5.38. The van der Waals surface area contributed by atoms with Crippen molar-refractivity contribution in [1.82, 2.24) is 0 Å². The minimum Gasteiger partial charge on any atom is -0.463 e. The summed E-state index contributed by atoms with van der Waals surface area (Å²) in [6.07, 6.45) is 23.0. The number of methoxy groups -OCH3 is 1. The van der Waals surface area contributed by atoms with E-state index < -0.39 is 0 Å². The third-order valence-electron chi connectivity index (χ3n) is 5.38. The molecule has 0 amide bonds. The fourth-order valence-corrected chi connectivity index (χ4v) is 3.42. The molecule has 0 saturated carbocycles. The van der Waals surface area contributed by atoms with Gasteiger partial charge in [-0.15, -0.1) is 0 Å². The summed E-state index contributed by atoms with van der Waals surface area (Å²) < 4.78 is 9.87. The zero-order valence-electron chi connectivity index (χ0n) is 20.6. The van der Waals surface area contributed by atoms with Crippen molar-refractivity contribution in [3.63, 3.8) is 0 Å². The Labute approximate surface area is 193 Å². The van der Waals surface area contributed by atoms with Crippen LogP contribution in [0.1, 0.15) is 129 Å². The maximum atomic E-state index is 11.4. The number of ether oxygens (including phenoxy) is 2. The summed E-state index contributed by atoms with van der Waals surface area (Å²) in [5.41, 5.74) is 0. The van der Waals surface area contributed by atoms with E-state index in [9.17, 15) is 4.79 Å². The van der Waals surface area contributed by atoms with Crippen LogP contribution in [0.3, 0.4) is 0 Å². The molecule has 178 valence electrons. The highest BCUT2D eigenvalue weighted by Crippen LogP contribution is 2.12. The fraction of sp³-hybridized carbons (Fsp3) is 0.821. The Morgan fingerprint density at radius 3 is 1.55 bits per heavy atom. The zero-order chi connectivity index (χ0) is 22.7. The van der Waals surface area contributed by atoms with Gasteiger partial charge in [0.1, 0.15) is 6.61 Å². The first-order valence-corrected chi connectivity index (χ1v) is 12.9. The Kier molecular flexibility index (Phi) is 25.3. The number of hydrogen-bond acceptors (Lipinski definition) is 3. The highest BCUT2D eigenvalue weighted by Gasteiger charge is 2.01. The molecule has 0 unspecified atom stereocenters. The molecule has 0 aromatic rings. The van der Waals surface area contributed by atoms with Crippen LogP contribution in [-0.4, -0.2) is 26.3 Å². The molecule has 0 aliphatic heterocycles. The van der Waals surface area contributed by atoms with Gasteiger partial charge in [0.05, 0.1) is 6.61 Å². The molecular formula is C28H48O3. The first-order chi connectivity index (χ1) is 15.3. The van der Waals surface area contributed by atoms with Crippen LogP contribution < -0.4 is 0 Å². The fourth-order valence-electron chi connectivity index (χ4n) is 3.42. The van der Waals surface area contributed by atoms with Gasteiger partial charge in [0.15, 0.2) is 0 Å². The van der Waals surface area contributed by atoms with E-state index in [1.54, 1.807) is 7.11 Å². The summed E-state index contributed by atoms with van der Waals surface area (Å²) in [7, 11) is 1.60. The molecule has 0 aromatic heterocycles. The van der Waals surface area contributed by atoms with Crippen molar-refractivity contribution in [3.05, 3.63) is 0 Å². The van der Waals surface area contributed by atoms with Gasteiger partial charge >= 0.3 is 5.97 Å². The number of esters is 1. The smallest absolute Gasteiger partial charge is 0.305 e. The first kappa shape index (κ1) is 29.5. The number of unbranched alkanes of at least 4 members (excludes halogenated alkanes) is 16. The molecule has 31 heavy (non-hydrogen) atoms. The summed E-state index contributed by atoms with van der Waals surface area (Å²) in [6.45, 7) is 3.10. The van der Waals surface area contributed by atoms with Crippen LogP contribution in [0.4, 0.5) is 0 Å². The summed E-state index contributed by atoms with van der Waals surface area (Å²) in [5, 5.41) is 0. The number of carbonyl (C=O) groups excluding carboxylic acids is 1. The van der Waals surface area contributed by atoms with Crippen LogP contribution in [0, 0.1) is 23.7 Å². The quantitative estimate of drug-likeness (QED) is 0.106. The third kappa shape index (κ3) is 26.5. The van der Waals surface area contributed by atoms with Crippen molar-refractivity contribution in [2.24, 2.45) is 0 Å². The SMILES string of the molecule is CCCCCCCCCCCCCCC#CC#CCCCCCCC(=O)OCCOC. The molecule has 0 radical (unpaired) electrons.